The normalized spacial score (nSPS) is 18.4. The minimum Gasteiger partial charge on any atom is -0.748 e. The Kier molecular flexibility index (Phi) is 10.3. The second kappa shape index (κ2) is 14.7. The van der Waals surface area contributed by atoms with Crippen LogP contribution in [-0.4, -0.2) is 69.5 Å². The summed E-state index contributed by atoms with van der Waals surface area (Å²) in [5.41, 5.74) is 1.94. The summed E-state index contributed by atoms with van der Waals surface area (Å²) in [7, 11) is -8.72. The van der Waals surface area contributed by atoms with Gasteiger partial charge in [-0.3, -0.25) is 4.90 Å². The number of anilines is 1. The van der Waals surface area contributed by atoms with Crippen molar-refractivity contribution in [2.24, 2.45) is 4.99 Å². The molecule has 5 aromatic rings. The van der Waals surface area contributed by atoms with Gasteiger partial charge in [0.05, 0.1) is 55.5 Å². The van der Waals surface area contributed by atoms with Crippen molar-refractivity contribution in [2.75, 3.05) is 42.6 Å². The van der Waals surface area contributed by atoms with Gasteiger partial charge in [0.1, 0.15) is 4.70 Å². The van der Waals surface area contributed by atoms with Crippen LogP contribution in [0.4, 0.5) is 5.69 Å². The number of thiazole rings is 1. The zero-order valence-corrected chi connectivity index (χ0v) is 30.7. The maximum atomic E-state index is 11.4. The molecule has 4 heterocycles. The van der Waals surface area contributed by atoms with Crippen molar-refractivity contribution in [3.8, 4) is 0 Å². The fourth-order valence-corrected chi connectivity index (χ4v) is 10.4. The molecule has 262 valence electrons. The van der Waals surface area contributed by atoms with Crippen LogP contribution in [0.3, 0.4) is 0 Å². The minimum absolute atomic E-state index is 0.171. The molecule has 1 atom stereocenters. The minimum atomic E-state index is -4.36. The van der Waals surface area contributed by atoms with Gasteiger partial charge in [-0.05, 0) is 35.4 Å². The molecule has 0 bridgehead atoms. The predicted molar refractivity (Wildman–Crippen MR) is 200 cm³/mol. The number of aryl methyl sites for hydroxylation is 1. The van der Waals surface area contributed by atoms with Crippen molar-refractivity contribution in [1.29, 1.82) is 0 Å². The number of benzene rings is 4. The predicted octanol–water partition coefficient (Wildman–Crippen LogP) is 4.74. The Morgan fingerprint density at radius 1 is 0.840 bits per heavy atom. The van der Waals surface area contributed by atoms with Gasteiger partial charge in [0.15, 0.2) is 12.4 Å². The molecule has 1 saturated heterocycles. The first-order valence-electron chi connectivity index (χ1n) is 16.8. The number of hydrogen-bond acceptors (Lipinski definition) is 10. The van der Waals surface area contributed by atoms with E-state index in [0.717, 1.165) is 58.9 Å². The Bertz CT molecular complexity index is 2350. The first kappa shape index (κ1) is 35.1. The third-order valence-corrected chi connectivity index (χ3v) is 13.0. The van der Waals surface area contributed by atoms with Crippen molar-refractivity contribution >= 4 is 92.7 Å². The van der Waals surface area contributed by atoms with Gasteiger partial charge in [-0.1, -0.05) is 77.7 Å². The molecule has 1 aromatic heterocycles. The number of hydrogen-bond donors (Lipinski definition) is 1. The molecular formula is C36H38N4O6S4. The summed E-state index contributed by atoms with van der Waals surface area (Å²) in [4.78, 5) is 9.23. The number of aliphatic imine (C=N–C) groups is 1. The molecule has 3 aliphatic rings. The van der Waals surface area contributed by atoms with Crippen molar-refractivity contribution < 1.29 is 35.4 Å². The van der Waals surface area contributed by atoms with E-state index in [1.54, 1.807) is 28.0 Å². The third-order valence-electron chi connectivity index (χ3n) is 9.27. The molecule has 3 aliphatic heterocycles. The Morgan fingerprint density at radius 3 is 2.28 bits per heavy atom. The number of nitrogens with one attached hydrogen (secondary N) is 1. The van der Waals surface area contributed by atoms with Crippen molar-refractivity contribution in [2.45, 2.75) is 43.5 Å². The van der Waals surface area contributed by atoms with E-state index in [-0.39, 0.29) is 12.8 Å². The zero-order chi connectivity index (χ0) is 34.9. The second-order valence-corrected chi connectivity index (χ2v) is 17.9. The lowest BCUT2D eigenvalue weighted by Gasteiger charge is -2.22. The fraction of sp³-hybridized carbons (Fsp3) is 0.333. The van der Waals surface area contributed by atoms with Crippen LogP contribution < -0.4 is 14.4 Å². The number of thioether (sulfide) groups is 1. The average Bonchev–Trinajstić information content (AvgIpc) is 3.80. The summed E-state index contributed by atoms with van der Waals surface area (Å²) in [5.74, 6) is 0.543. The Balaban J connectivity index is 0.000000375. The Labute approximate surface area is 300 Å². The maximum Gasteiger partial charge on any atom is 0.265 e. The van der Waals surface area contributed by atoms with Crippen molar-refractivity contribution in [3.63, 3.8) is 0 Å². The van der Waals surface area contributed by atoms with Gasteiger partial charge in [-0.2, -0.15) is 4.57 Å². The summed E-state index contributed by atoms with van der Waals surface area (Å²) < 4.78 is 71.5. The van der Waals surface area contributed by atoms with Crippen LogP contribution in [0.15, 0.2) is 87.7 Å². The molecule has 0 radical (unpaired) electrons. The highest BCUT2D eigenvalue weighted by Crippen LogP contribution is 2.50. The molecule has 0 aliphatic carbocycles. The molecule has 1 unspecified atom stereocenters. The van der Waals surface area contributed by atoms with Crippen LogP contribution in [0.2, 0.25) is 0 Å². The first-order chi connectivity index (χ1) is 24.0. The summed E-state index contributed by atoms with van der Waals surface area (Å²) in [5, 5.41) is 5.92. The van der Waals surface area contributed by atoms with E-state index < -0.39 is 31.7 Å². The highest BCUT2D eigenvalue weighted by molar-refractivity contribution is 8.04. The zero-order valence-electron chi connectivity index (χ0n) is 27.4. The quantitative estimate of drug-likeness (QED) is 0.169. The van der Waals surface area contributed by atoms with Gasteiger partial charge >= 0.3 is 0 Å². The SMILES string of the molecule is C1CN=C2CCC[NH+]2C1.O=S(=O)([O-])CCCN1/C(=C/c2sc3ccc4ccccc4c3[n+]2CCCS(=O)(=O)[O-])Sc2ccc3ccccc3c21. The van der Waals surface area contributed by atoms with Crippen LogP contribution in [-0.2, 0) is 26.8 Å². The Morgan fingerprint density at radius 2 is 1.52 bits per heavy atom. The standard InChI is InChI=1S/C29H26N2O6S4.C7H12N2/c32-40(33,34)17-5-15-30-26(38-24-13-11-20-7-1-3-9-22(20)28(24)30)19-27-31(16-6-18-41(35,36)37)29-23-10-4-2-8-21(23)12-14-25(29)39-27;1-3-7-8-4-2-6-9(7)5-1/h1-4,7-14,19H,5-6,15-18H2,(H-,32,33,34,35,36,37);1-6H2. The number of amidine groups is 1. The van der Waals surface area contributed by atoms with Crippen LogP contribution in [0.25, 0.3) is 37.8 Å². The molecule has 0 saturated carbocycles. The number of quaternary nitrogens is 1. The molecule has 0 spiro atoms. The van der Waals surface area contributed by atoms with Crippen molar-refractivity contribution in [3.05, 3.63) is 82.8 Å². The third kappa shape index (κ3) is 7.91. The van der Waals surface area contributed by atoms with Gasteiger partial charge in [-0.15, -0.1) is 0 Å². The van der Waals surface area contributed by atoms with Crippen LogP contribution in [0, 0.1) is 0 Å². The van der Waals surface area contributed by atoms with E-state index in [2.05, 4.69) is 26.6 Å². The molecular weight excluding hydrogens is 713 g/mol. The van der Waals surface area contributed by atoms with E-state index in [0.29, 0.717) is 13.1 Å². The lowest BCUT2D eigenvalue weighted by molar-refractivity contribution is -0.800. The van der Waals surface area contributed by atoms with E-state index in [9.17, 15) is 25.9 Å². The summed E-state index contributed by atoms with van der Waals surface area (Å²) in [6.45, 7) is 4.46. The van der Waals surface area contributed by atoms with Crippen LogP contribution in [0.1, 0.15) is 37.1 Å². The van der Waals surface area contributed by atoms with E-state index in [4.69, 9.17) is 0 Å². The number of rotatable bonds is 9. The van der Waals surface area contributed by atoms with Crippen LogP contribution >= 0.6 is 23.1 Å². The van der Waals surface area contributed by atoms with Gasteiger partial charge in [-0.25, -0.2) is 21.8 Å². The highest BCUT2D eigenvalue weighted by atomic mass is 32.2. The molecule has 50 heavy (non-hydrogen) atoms. The smallest absolute Gasteiger partial charge is 0.265 e. The van der Waals surface area contributed by atoms with Crippen LogP contribution in [0.5, 0.6) is 0 Å². The fourth-order valence-electron chi connectivity index (χ4n) is 7.07. The first-order valence-corrected chi connectivity index (χ1v) is 21.6. The summed E-state index contributed by atoms with van der Waals surface area (Å²) >= 11 is 3.14. The molecule has 0 amide bonds. The van der Waals surface area contributed by atoms with Gasteiger partial charge in [0.25, 0.3) is 5.01 Å². The number of nitrogens with zero attached hydrogens (tertiary/aromatic N) is 3. The van der Waals surface area contributed by atoms with E-state index >= 15 is 0 Å². The molecule has 1 N–H and O–H groups in total. The summed E-state index contributed by atoms with van der Waals surface area (Å²) in [6, 6.07) is 24.2. The van der Waals surface area contributed by atoms with Crippen molar-refractivity contribution in [1.82, 2.24) is 0 Å². The largest absolute Gasteiger partial charge is 0.748 e. The molecule has 10 nitrogen and oxygen atoms in total. The van der Waals surface area contributed by atoms with Gasteiger partial charge in [0, 0.05) is 60.6 Å². The molecule has 1 fully saturated rings. The second-order valence-electron chi connectivity index (χ2n) is 12.7. The van der Waals surface area contributed by atoms with Gasteiger partial charge in [0.2, 0.25) is 5.52 Å². The molecule has 4 aromatic carbocycles. The average molecular weight is 751 g/mol. The topological polar surface area (TPSA) is 138 Å². The molecule has 14 heteroatoms. The maximum absolute atomic E-state index is 11.4. The molecule has 8 rings (SSSR count). The van der Waals surface area contributed by atoms with Gasteiger partial charge < -0.3 is 14.0 Å². The number of aromatic nitrogens is 1. The lowest BCUT2D eigenvalue weighted by Crippen LogP contribution is -3.13. The van der Waals surface area contributed by atoms with E-state index in [1.165, 1.54) is 38.2 Å². The summed E-state index contributed by atoms with van der Waals surface area (Å²) in [6.07, 6.45) is 6.33. The van der Waals surface area contributed by atoms with E-state index in [1.807, 2.05) is 66.7 Å². The highest BCUT2D eigenvalue weighted by Gasteiger charge is 2.30. The Hall–Kier alpha value is -3.37. The monoisotopic (exact) mass is 750 g/mol. The number of fused-ring (bicyclic) bond motifs is 7. The lowest BCUT2D eigenvalue weighted by atomic mass is 10.1.